The van der Waals surface area contributed by atoms with Crippen molar-refractivity contribution in [2.45, 2.75) is 25.4 Å². The van der Waals surface area contributed by atoms with Crippen LogP contribution < -0.4 is 10.1 Å². The maximum absolute atomic E-state index is 13.1. The van der Waals surface area contributed by atoms with Gasteiger partial charge in [0.15, 0.2) is 5.76 Å². The Bertz CT molecular complexity index is 959. The summed E-state index contributed by atoms with van der Waals surface area (Å²) in [5.74, 6) is 0.689. The van der Waals surface area contributed by atoms with Gasteiger partial charge in [0.1, 0.15) is 5.75 Å². The van der Waals surface area contributed by atoms with Gasteiger partial charge in [-0.05, 0) is 54.8 Å². The summed E-state index contributed by atoms with van der Waals surface area (Å²) in [5.41, 5.74) is 1.06. The number of benzene rings is 1. The van der Waals surface area contributed by atoms with Crippen LogP contribution >= 0.6 is 11.3 Å². The molecule has 0 unspecified atom stereocenters. The van der Waals surface area contributed by atoms with Crippen molar-refractivity contribution in [3.05, 3.63) is 71.0 Å². The summed E-state index contributed by atoms with van der Waals surface area (Å²) in [6, 6.07) is 14.8. The molecule has 1 saturated carbocycles. The van der Waals surface area contributed by atoms with Crippen molar-refractivity contribution in [2.75, 3.05) is 12.4 Å². The molecule has 2 heterocycles. The number of carbonyl (C=O) groups is 2. The number of anilines is 1. The molecule has 1 aliphatic carbocycles. The highest BCUT2D eigenvalue weighted by Gasteiger charge is 2.33. The van der Waals surface area contributed by atoms with Crippen LogP contribution in [0.15, 0.2) is 59.2 Å². The van der Waals surface area contributed by atoms with Gasteiger partial charge in [0.05, 0.1) is 23.3 Å². The Labute approximate surface area is 166 Å². The smallest absolute Gasteiger partial charge is 0.291 e. The first-order valence-corrected chi connectivity index (χ1v) is 9.84. The van der Waals surface area contributed by atoms with E-state index in [4.69, 9.17) is 9.15 Å². The normalized spacial score (nSPS) is 13.2. The van der Waals surface area contributed by atoms with E-state index in [2.05, 4.69) is 5.32 Å². The summed E-state index contributed by atoms with van der Waals surface area (Å²) in [6.07, 6.45) is 3.50. The first-order chi connectivity index (χ1) is 13.6. The second kappa shape index (κ2) is 7.90. The van der Waals surface area contributed by atoms with E-state index < -0.39 is 0 Å². The van der Waals surface area contributed by atoms with E-state index in [0.29, 0.717) is 16.4 Å². The molecular weight excluding hydrogens is 376 g/mol. The van der Waals surface area contributed by atoms with Crippen LogP contribution in [-0.2, 0) is 6.54 Å². The Morgan fingerprint density at radius 1 is 1.18 bits per heavy atom. The molecule has 1 aliphatic rings. The summed E-state index contributed by atoms with van der Waals surface area (Å²) in [4.78, 5) is 27.7. The van der Waals surface area contributed by atoms with Crippen molar-refractivity contribution in [1.82, 2.24) is 4.90 Å². The summed E-state index contributed by atoms with van der Waals surface area (Å²) in [6.45, 7) is 0.555. The quantitative estimate of drug-likeness (QED) is 0.642. The van der Waals surface area contributed by atoms with Gasteiger partial charge < -0.3 is 19.4 Å². The van der Waals surface area contributed by atoms with Gasteiger partial charge in [-0.2, -0.15) is 0 Å². The number of amides is 2. The summed E-state index contributed by atoms with van der Waals surface area (Å²) < 4.78 is 10.3. The second-order valence-corrected chi connectivity index (χ2v) is 7.69. The lowest BCUT2D eigenvalue weighted by atomic mass is 10.2. The molecule has 0 atom stereocenters. The van der Waals surface area contributed by atoms with Crippen LogP contribution in [0.2, 0.25) is 0 Å². The lowest BCUT2D eigenvalue weighted by Crippen LogP contribution is -2.32. The first-order valence-electron chi connectivity index (χ1n) is 9.02. The largest absolute Gasteiger partial charge is 0.497 e. The summed E-state index contributed by atoms with van der Waals surface area (Å²) in [5, 5.41) is 3.38. The molecule has 2 amide bonds. The van der Waals surface area contributed by atoms with Crippen molar-refractivity contribution in [1.29, 1.82) is 0 Å². The fourth-order valence-corrected chi connectivity index (χ4v) is 3.78. The highest BCUT2D eigenvalue weighted by molar-refractivity contribution is 7.18. The number of nitrogens with zero attached hydrogens (tertiary/aromatic N) is 1. The lowest BCUT2D eigenvalue weighted by Gasteiger charge is -2.22. The van der Waals surface area contributed by atoms with E-state index in [1.54, 1.807) is 31.4 Å². The molecule has 1 aromatic carbocycles. The molecule has 0 saturated heterocycles. The van der Waals surface area contributed by atoms with Crippen LogP contribution in [0.5, 0.6) is 5.75 Å². The van der Waals surface area contributed by atoms with E-state index in [1.165, 1.54) is 17.6 Å². The molecule has 7 heteroatoms. The average Bonchev–Trinajstić information content (AvgIpc) is 3.19. The predicted octanol–water partition coefficient (Wildman–Crippen LogP) is 4.41. The average molecular weight is 396 g/mol. The SMILES string of the molecule is COc1ccc(CN(C(=O)c2ccc(NC(=O)c3ccco3)s2)C2CC2)cc1. The maximum Gasteiger partial charge on any atom is 0.291 e. The molecule has 0 spiro atoms. The topological polar surface area (TPSA) is 71.8 Å². The number of carbonyl (C=O) groups excluding carboxylic acids is 2. The highest BCUT2D eigenvalue weighted by atomic mass is 32.1. The van der Waals surface area contributed by atoms with Gasteiger partial charge >= 0.3 is 0 Å². The molecule has 1 fully saturated rings. The van der Waals surface area contributed by atoms with Crippen LogP contribution in [0, 0.1) is 0 Å². The van der Waals surface area contributed by atoms with Crippen molar-refractivity contribution in [3.8, 4) is 5.75 Å². The lowest BCUT2D eigenvalue weighted by molar-refractivity contribution is 0.0734. The van der Waals surface area contributed by atoms with Crippen LogP contribution in [-0.4, -0.2) is 29.9 Å². The van der Waals surface area contributed by atoms with Crippen LogP contribution in [0.4, 0.5) is 5.00 Å². The Balaban J connectivity index is 1.45. The zero-order chi connectivity index (χ0) is 19.5. The van der Waals surface area contributed by atoms with Crippen LogP contribution in [0.25, 0.3) is 0 Å². The fourth-order valence-electron chi connectivity index (χ4n) is 2.92. The minimum absolute atomic E-state index is 0.0122. The monoisotopic (exact) mass is 396 g/mol. The van der Waals surface area contributed by atoms with E-state index >= 15 is 0 Å². The molecule has 3 aromatic rings. The van der Waals surface area contributed by atoms with E-state index in [1.807, 2.05) is 29.2 Å². The molecule has 4 rings (SSSR count). The number of methoxy groups -OCH3 is 1. The molecule has 0 radical (unpaired) electrons. The Morgan fingerprint density at radius 3 is 2.61 bits per heavy atom. The molecule has 1 N–H and O–H groups in total. The molecule has 6 nitrogen and oxygen atoms in total. The standard InChI is InChI=1S/C21H20N2O4S/c1-26-16-8-4-14(5-9-16)13-23(15-6-7-15)21(25)18-10-11-19(28-18)22-20(24)17-3-2-12-27-17/h2-5,8-12,15H,6-7,13H2,1H3,(H,22,24). The van der Waals surface area contributed by atoms with E-state index in [0.717, 1.165) is 24.2 Å². The van der Waals surface area contributed by atoms with E-state index in [-0.39, 0.29) is 23.6 Å². The highest BCUT2D eigenvalue weighted by Crippen LogP contribution is 2.32. The molecular formula is C21H20N2O4S. The Hall–Kier alpha value is -3.06. The third-order valence-electron chi connectivity index (χ3n) is 4.56. The Morgan fingerprint density at radius 2 is 1.96 bits per heavy atom. The van der Waals surface area contributed by atoms with Gasteiger partial charge in [-0.25, -0.2) is 0 Å². The number of thiophene rings is 1. The maximum atomic E-state index is 13.1. The van der Waals surface area contributed by atoms with Gasteiger partial charge in [0, 0.05) is 12.6 Å². The van der Waals surface area contributed by atoms with Crippen molar-refractivity contribution < 1.29 is 18.7 Å². The number of nitrogens with one attached hydrogen (secondary N) is 1. The summed E-state index contributed by atoms with van der Waals surface area (Å²) >= 11 is 1.27. The molecule has 0 bridgehead atoms. The number of rotatable bonds is 7. The minimum Gasteiger partial charge on any atom is -0.497 e. The zero-order valence-corrected chi connectivity index (χ0v) is 16.2. The number of hydrogen-bond acceptors (Lipinski definition) is 5. The van der Waals surface area contributed by atoms with Gasteiger partial charge in [-0.3, -0.25) is 9.59 Å². The van der Waals surface area contributed by atoms with Crippen molar-refractivity contribution >= 4 is 28.2 Å². The number of furan rings is 1. The summed E-state index contributed by atoms with van der Waals surface area (Å²) in [7, 11) is 1.63. The van der Waals surface area contributed by atoms with E-state index in [9.17, 15) is 9.59 Å². The van der Waals surface area contributed by atoms with Crippen molar-refractivity contribution in [3.63, 3.8) is 0 Å². The molecule has 2 aromatic heterocycles. The Kier molecular flexibility index (Phi) is 5.16. The third kappa shape index (κ3) is 4.09. The van der Waals surface area contributed by atoms with Gasteiger partial charge in [-0.15, -0.1) is 11.3 Å². The fraction of sp³-hybridized carbons (Fsp3) is 0.238. The minimum atomic E-state index is -0.330. The molecule has 144 valence electrons. The van der Waals surface area contributed by atoms with Gasteiger partial charge in [0.2, 0.25) is 0 Å². The second-order valence-electron chi connectivity index (χ2n) is 6.61. The molecule has 28 heavy (non-hydrogen) atoms. The third-order valence-corrected chi connectivity index (χ3v) is 5.55. The number of hydrogen-bond donors (Lipinski definition) is 1. The van der Waals surface area contributed by atoms with Crippen LogP contribution in [0.3, 0.4) is 0 Å². The number of ether oxygens (including phenoxy) is 1. The van der Waals surface area contributed by atoms with Crippen LogP contribution in [0.1, 0.15) is 38.6 Å². The zero-order valence-electron chi connectivity index (χ0n) is 15.4. The molecule has 0 aliphatic heterocycles. The van der Waals surface area contributed by atoms with Gasteiger partial charge in [0.25, 0.3) is 11.8 Å². The van der Waals surface area contributed by atoms with Crippen molar-refractivity contribution in [2.24, 2.45) is 0 Å². The predicted molar refractivity (Wildman–Crippen MR) is 107 cm³/mol. The van der Waals surface area contributed by atoms with Gasteiger partial charge in [-0.1, -0.05) is 12.1 Å². The first kappa shape index (κ1) is 18.3.